The molecular formula is C17H29NO2. The third-order valence-electron chi connectivity index (χ3n) is 4.60. The van der Waals surface area contributed by atoms with Crippen LogP contribution in [0.5, 0.6) is 0 Å². The number of rotatable bonds is 1. The summed E-state index contributed by atoms with van der Waals surface area (Å²) >= 11 is 0. The lowest BCUT2D eigenvalue weighted by atomic mass is 9.75. The lowest BCUT2D eigenvalue weighted by Crippen LogP contribution is -2.43. The smallest absolute Gasteiger partial charge is 0.410 e. The number of carbonyl (C=O) groups is 1. The van der Waals surface area contributed by atoms with Crippen molar-refractivity contribution in [3.8, 4) is 0 Å². The third kappa shape index (κ3) is 4.26. The highest BCUT2D eigenvalue weighted by atomic mass is 16.6. The minimum atomic E-state index is -0.391. The largest absolute Gasteiger partial charge is 0.444 e. The Kier molecular flexibility index (Phi) is 4.77. The van der Waals surface area contributed by atoms with Crippen LogP contribution in [0.15, 0.2) is 12.2 Å². The van der Waals surface area contributed by atoms with E-state index in [1.807, 2.05) is 25.7 Å². The van der Waals surface area contributed by atoms with E-state index in [1.54, 1.807) is 0 Å². The molecule has 1 heterocycles. The fraction of sp³-hybridized carbons (Fsp3) is 0.824. The van der Waals surface area contributed by atoms with Crippen LogP contribution in [0.4, 0.5) is 4.79 Å². The topological polar surface area (TPSA) is 29.5 Å². The standard InChI is InChI=1S/C17H29NO2/c1-13-5-7-14(8-6-13)15-9-11-18(12-10-15)16(19)20-17(2,3)4/h14-15H,1,5-12H2,2-4H3. The molecule has 0 aromatic carbocycles. The highest BCUT2D eigenvalue weighted by Crippen LogP contribution is 2.37. The molecule has 114 valence electrons. The molecule has 3 nitrogen and oxygen atoms in total. The Morgan fingerprint density at radius 1 is 1.10 bits per heavy atom. The number of carbonyl (C=O) groups excluding carboxylic acids is 1. The average Bonchev–Trinajstić information content (AvgIpc) is 2.38. The molecule has 20 heavy (non-hydrogen) atoms. The maximum Gasteiger partial charge on any atom is 0.410 e. The van der Waals surface area contributed by atoms with Crippen molar-refractivity contribution in [3.05, 3.63) is 12.2 Å². The first-order chi connectivity index (χ1) is 9.35. The van der Waals surface area contributed by atoms with Crippen molar-refractivity contribution < 1.29 is 9.53 Å². The first kappa shape index (κ1) is 15.4. The van der Waals surface area contributed by atoms with E-state index in [0.717, 1.165) is 37.8 Å². The van der Waals surface area contributed by atoms with Crippen molar-refractivity contribution in [1.29, 1.82) is 0 Å². The molecule has 1 saturated carbocycles. The number of allylic oxidation sites excluding steroid dienone is 1. The van der Waals surface area contributed by atoms with Gasteiger partial charge in [0.1, 0.15) is 5.60 Å². The molecule has 0 atom stereocenters. The van der Waals surface area contributed by atoms with Gasteiger partial charge >= 0.3 is 6.09 Å². The molecule has 0 bridgehead atoms. The van der Waals surface area contributed by atoms with Crippen LogP contribution in [0, 0.1) is 11.8 Å². The molecule has 2 fully saturated rings. The van der Waals surface area contributed by atoms with E-state index in [0.29, 0.717) is 0 Å². The van der Waals surface area contributed by atoms with Gasteiger partial charge in [-0.05, 0) is 71.1 Å². The van der Waals surface area contributed by atoms with Gasteiger partial charge < -0.3 is 9.64 Å². The van der Waals surface area contributed by atoms with Crippen LogP contribution in [0.25, 0.3) is 0 Å². The van der Waals surface area contributed by atoms with E-state index in [1.165, 1.54) is 31.3 Å². The fourth-order valence-electron chi connectivity index (χ4n) is 3.40. The first-order valence-electron chi connectivity index (χ1n) is 8.00. The van der Waals surface area contributed by atoms with Crippen molar-refractivity contribution in [2.24, 2.45) is 11.8 Å². The van der Waals surface area contributed by atoms with Gasteiger partial charge in [0.15, 0.2) is 0 Å². The van der Waals surface area contributed by atoms with Gasteiger partial charge in [0.2, 0.25) is 0 Å². The number of amides is 1. The Morgan fingerprint density at radius 3 is 2.10 bits per heavy atom. The molecule has 2 aliphatic rings. The van der Waals surface area contributed by atoms with Crippen molar-refractivity contribution in [2.45, 2.75) is 64.9 Å². The Hall–Kier alpha value is -0.990. The molecule has 0 spiro atoms. The molecule has 1 saturated heterocycles. The second-order valence-electron chi connectivity index (χ2n) is 7.39. The van der Waals surface area contributed by atoms with Crippen molar-refractivity contribution in [3.63, 3.8) is 0 Å². The van der Waals surface area contributed by atoms with Gasteiger partial charge in [-0.3, -0.25) is 0 Å². The number of piperidine rings is 1. The number of hydrogen-bond donors (Lipinski definition) is 0. The zero-order valence-electron chi connectivity index (χ0n) is 13.3. The second-order valence-corrected chi connectivity index (χ2v) is 7.39. The van der Waals surface area contributed by atoms with Crippen LogP contribution in [0.3, 0.4) is 0 Å². The van der Waals surface area contributed by atoms with Crippen molar-refractivity contribution >= 4 is 6.09 Å². The molecular weight excluding hydrogens is 250 g/mol. The summed E-state index contributed by atoms with van der Waals surface area (Å²) in [6.45, 7) is 11.6. The summed E-state index contributed by atoms with van der Waals surface area (Å²) in [5.74, 6) is 1.64. The molecule has 0 aromatic rings. The van der Waals surface area contributed by atoms with Gasteiger partial charge in [0.25, 0.3) is 0 Å². The highest BCUT2D eigenvalue weighted by molar-refractivity contribution is 5.68. The monoisotopic (exact) mass is 279 g/mol. The van der Waals surface area contributed by atoms with E-state index >= 15 is 0 Å². The van der Waals surface area contributed by atoms with E-state index in [-0.39, 0.29) is 6.09 Å². The molecule has 1 aliphatic carbocycles. The summed E-state index contributed by atoms with van der Waals surface area (Å²) < 4.78 is 5.45. The third-order valence-corrected chi connectivity index (χ3v) is 4.60. The van der Waals surface area contributed by atoms with Crippen LogP contribution in [-0.4, -0.2) is 29.7 Å². The number of ether oxygens (including phenoxy) is 1. The summed E-state index contributed by atoms with van der Waals surface area (Å²) in [5, 5.41) is 0. The first-order valence-corrected chi connectivity index (χ1v) is 8.00. The average molecular weight is 279 g/mol. The van der Waals surface area contributed by atoms with Gasteiger partial charge in [-0.15, -0.1) is 0 Å². The summed E-state index contributed by atoms with van der Waals surface area (Å²) in [4.78, 5) is 13.9. The van der Waals surface area contributed by atoms with Gasteiger partial charge in [-0.1, -0.05) is 12.2 Å². The minimum Gasteiger partial charge on any atom is -0.444 e. The summed E-state index contributed by atoms with van der Waals surface area (Å²) in [6, 6.07) is 0. The lowest BCUT2D eigenvalue weighted by Gasteiger charge is -2.38. The van der Waals surface area contributed by atoms with Crippen molar-refractivity contribution in [1.82, 2.24) is 4.90 Å². The Morgan fingerprint density at radius 2 is 1.60 bits per heavy atom. The zero-order chi connectivity index (χ0) is 14.8. The van der Waals surface area contributed by atoms with Crippen LogP contribution in [-0.2, 0) is 4.74 Å². The molecule has 0 aromatic heterocycles. The summed E-state index contributed by atoms with van der Waals surface area (Å²) in [5.41, 5.74) is 1.03. The highest BCUT2D eigenvalue weighted by Gasteiger charge is 2.31. The van der Waals surface area contributed by atoms with Gasteiger partial charge in [0.05, 0.1) is 0 Å². The zero-order valence-corrected chi connectivity index (χ0v) is 13.3. The van der Waals surface area contributed by atoms with Crippen molar-refractivity contribution in [2.75, 3.05) is 13.1 Å². The van der Waals surface area contributed by atoms with E-state index < -0.39 is 5.60 Å². The molecule has 1 aliphatic heterocycles. The SMILES string of the molecule is C=C1CCC(C2CCN(C(=O)OC(C)(C)C)CC2)CC1. The predicted molar refractivity (Wildman–Crippen MR) is 81.6 cm³/mol. The van der Waals surface area contributed by atoms with Crippen LogP contribution in [0.1, 0.15) is 59.3 Å². The van der Waals surface area contributed by atoms with E-state index in [9.17, 15) is 4.79 Å². The number of hydrogen-bond acceptors (Lipinski definition) is 2. The van der Waals surface area contributed by atoms with Gasteiger partial charge in [-0.25, -0.2) is 4.79 Å². The molecule has 0 radical (unpaired) electrons. The van der Waals surface area contributed by atoms with E-state index in [2.05, 4.69) is 6.58 Å². The van der Waals surface area contributed by atoms with E-state index in [4.69, 9.17) is 4.74 Å². The molecule has 0 unspecified atom stereocenters. The Labute approximate surface area is 123 Å². The normalized spacial score (nSPS) is 22.9. The Balaban J connectivity index is 1.77. The van der Waals surface area contributed by atoms with Crippen LogP contribution < -0.4 is 0 Å². The second kappa shape index (κ2) is 6.19. The van der Waals surface area contributed by atoms with Gasteiger partial charge in [0, 0.05) is 13.1 Å². The predicted octanol–water partition coefficient (Wildman–Crippen LogP) is 4.38. The number of nitrogens with zero attached hydrogens (tertiary/aromatic N) is 1. The fourth-order valence-corrected chi connectivity index (χ4v) is 3.40. The van der Waals surface area contributed by atoms with Crippen LogP contribution in [0.2, 0.25) is 0 Å². The molecule has 0 N–H and O–H groups in total. The number of likely N-dealkylation sites (tertiary alicyclic amines) is 1. The molecule has 1 amide bonds. The maximum absolute atomic E-state index is 12.0. The quantitative estimate of drug-likeness (QED) is 0.667. The van der Waals surface area contributed by atoms with Crippen LogP contribution >= 0.6 is 0 Å². The Bertz CT molecular complexity index is 352. The van der Waals surface area contributed by atoms with Gasteiger partial charge in [-0.2, -0.15) is 0 Å². The molecule has 3 heteroatoms. The molecule has 2 rings (SSSR count). The summed E-state index contributed by atoms with van der Waals surface area (Å²) in [7, 11) is 0. The minimum absolute atomic E-state index is 0.145. The lowest BCUT2D eigenvalue weighted by molar-refractivity contribution is 0.0152. The maximum atomic E-state index is 12.0. The summed E-state index contributed by atoms with van der Waals surface area (Å²) in [6.07, 6.45) is 7.14.